The van der Waals surface area contributed by atoms with E-state index in [0.29, 0.717) is 63.8 Å². The molecule has 0 radical (unpaired) electrons. The third kappa shape index (κ3) is 10.6. The molecule has 1 amide bonds. The highest BCUT2D eigenvalue weighted by atomic mass is 16.7. The molecule has 0 spiro atoms. The van der Waals surface area contributed by atoms with Gasteiger partial charge in [-0.1, -0.05) is 44.2 Å². The fourth-order valence-electron chi connectivity index (χ4n) is 9.78. The number of likely N-dealkylation sites (N-methyl/N-ethyl adjacent to an activating group) is 1. The van der Waals surface area contributed by atoms with Crippen LogP contribution in [0.5, 0.6) is 0 Å². The summed E-state index contributed by atoms with van der Waals surface area (Å²) in [6.07, 6.45) is 2.02. The number of aliphatic hydroxyl groups is 1. The molecule has 0 saturated carbocycles. The number of ketones is 1. The van der Waals surface area contributed by atoms with Gasteiger partial charge in [-0.2, -0.15) is 0 Å². The topological polar surface area (TPSA) is 193 Å². The number of anilines is 1. The lowest BCUT2D eigenvalue weighted by atomic mass is 9.75. The molecule has 3 fully saturated rings. The molecule has 3 saturated heterocycles. The van der Waals surface area contributed by atoms with E-state index in [4.69, 9.17) is 29.4 Å². The van der Waals surface area contributed by atoms with Gasteiger partial charge >= 0.3 is 12.1 Å². The predicted octanol–water partition coefficient (Wildman–Crippen LogP) is 4.84. The van der Waals surface area contributed by atoms with Gasteiger partial charge in [0.15, 0.2) is 17.7 Å². The Hall–Kier alpha value is -3.93. The number of Topliss-reactive ketones (excluding diaryl/α,β-unsaturated/α-hetero) is 1. The number of aryl methyl sites for hydroxylation is 1. The maximum absolute atomic E-state index is 14.6. The van der Waals surface area contributed by atoms with E-state index in [0.717, 1.165) is 11.3 Å². The molecular weight excluding hydrogens is 783 g/mol. The second-order valence-corrected chi connectivity index (χ2v) is 18.0. The number of esters is 1. The van der Waals surface area contributed by atoms with E-state index in [2.05, 4.69) is 29.1 Å². The number of ether oxygens (including phenoxy) is 5. The molecule has 16 heteroatoms. The third-order valence-electron chi connectivity index (χ3n) is 13.1. The number of nitrogens with zero attached hydrogens (tertiary/aromatic N) is 5. The standard InChI is InChI=1S/C45H71N7O9/c1-12-19-45(57-11)24-27(3)25-47-31(7)39-44(8,61-43(56)52(39)21-15-14-20-51-26-34(48-49-51)32-17-16-18-33(46)23-32)36(13-2)59-41(55)30(6)37(53)29(5)40(45)60-42-38(54)35(50(9)10)22-28(4)58-42/h12,16-18,23,26-31,35-36,38-40,42,47,54H,1,13-15,19-22,24-25,46H2,2-11H3/t27-,28-,29-,30-,31-,35?,36-,38?,39-,40-,42+,44-,45-/m1/s1. The Labute approximate surface area is 361 Å². The van der Waals surface area contributed by atoms with E-state index in [1.165, 1.54) is 6.92 Å². The molecule has 2 aromatic rings. The highest BCUT2D eigenvalue weighted by Crippen LogP contribution is 2.41. The number of aromatic nitrogens is 3. The normalized spacial score (nSPS) is 35.6. The Morgan fingerprint density at radius 3 is 2.51 bits per heavy atom. The minimum Gasteiger partial charge on any atom is -0.458 e. The van der Waals surface area contributed by atoms with E-state index >= 15 is 0 Å². The van der Waals surface area contributed by atoms with Crippen molar-refractivity contribution in [2.75, 3.05) is 40.0 Å². The number of hydrogen-bond donors (Lipinski definition) is 3. The quantitative estimate of drug-likeness (QED) is 0.0815. The lowest BCUT2D eigenvalue weighted by molar-refractivity contribution is -0.297. The van der Waals surface area contributed by atoms with Gasteiger partial charge in [0.2, 0.25) is 0 Å². The molecule has 1 aromatic heterocycles. The molecule has 4 heterocycles. The van der Waals surface area contributed by atoms with E-state index in [-0.39, 0.29) is 24.1 Å². The van der Waals surface area contributed by atoms with Crippen molar-refractivity contribution in [2.24, 2.45) is 17.8 Å². The first-order valence-corrected chi connectivity index (χ1v) is 21.9. The van der Waals surface area contributed by atoms with Crippen molar-refractivity contribution >= 4 is 23.5 Å². The highest BCUT2D eigenvalue weighted by Gasteiger charge is 2.59. The average Bonchev–Trinajstić information content (AvgIpc) is 3.80. The van der Waals surface area contributed by atoms with Crippen LogP contribution in [-0.2, 0) is 39.8 Å². The Balaban J connectivity index is 1.41. The van der Waals surface area contributed by atoms with Gasteiger partial charge in [0.1, 0.15) is 23.8 Å². The number of nitrogen functional groups attached to an aromatic ring is 1. The van der Waals surface area contributed by atoms with Gasteiger partial charge in [-0.25, -0.2) is 4.79 Å². The fraction of sp³-hybridized carbons (Fsp3) is 0.711. The molecule has 0 bridgehead atoms. The molecule has 3 aliphatic rings. The van der Waals surface area contributed by atoms with Crippen LogP contribution in [0, 0.1) is 17.8 Å². The van der Waals surface area contributed by atoms with Crippen molar-refractivity contribution in [1.82, 2.24) is 30.1 Å². The van der Waals surface area contributed by atoms with Gasteiger partial charge in [0.25, 0.3) is 0 Å². The summed E-state index contributed by atoms with van der Waals surface area (Å²) in [6, 6.07) is 6.39. The summed E-state index contributed by atoms with van der Waals surface area (Å²) in [5, 5.41) is 23.9. The van der Waals surface area contributed by atoms with E-state index in [1.807, 2.05) is 77.2 Å². The molecule has 4 N–H and O–H groups in total. The minimum atomic E-state index is -1.25. The van der Waals surface area contributed by atoms with Crippen LogP contribution < -0.4 is 11.1 Å². The van der Waals surface area contributed by atoms with Crippen LogP contribution in [0.2, 0.25) is 0 Å². The summed E-state index contributed by atoms with van der Waals surface area (Å²) in [6.45, 7) is 18.5. The number of amides is 1. The number of methoxy groups -OCH3 is 1. The third-order valence-corrected chi connectivity index (χ3v) is 13.1. The molecule has 16 nitrogen and oxygen atoms in total. The van der Waals surface area contributed by atoms with Gasteiger partial charge in [-0.05, 0) is 105 Å². The second kappa shape index (κ2) is 20.5. The van der Waals surface area contributed by atoms with Gasteiger partial charge in [-0.3, -0.25) is 19.2 Å². The maximum atomic E-state index is 14.6. The van der Waals surface area contributed by atoms with Crippen LogP contribution in [-0.4, -0.2) is 142 Å². The molecule has 340 valence electrons. The first kappa shape index (κ1) is 48.1. The Bertz CT molecular complexity index is 1810. The number of cyclic esters (lactones) is 1. The molecule has 61 heavy (non-hydrogen) atoms. The molecular formula is C45H71N7O9. The van der Waals surface area contributed by atoms with Crippen molar-refractivity contribution in [3.63, 3.8) is 0 Å². The zero-order valence-electron chi connectivity index (χ0n) is 37.9. The molecule has 5 rings (SSSR count). The summed E-state index contributed by atoms with van der Waals surface area (Å²) in [5.41, 5.74) is 5.87. The number of carbonyl (C=O) groups is 3. The fourth-order valence-corrected chi connectivity index (χ4v) is 9.78. The summed E-state index contributed by atoms with van der Waals surface area (Å²) >= 11 is 0. The van der Waals surface area contributed by atoms with Crippen molar-refractivity contribution in [1.29, 1.82) is 0 Å². The predicted molar refractivity (Wildman–Crippen MR) is 231 cm³/mol. The molecule has 0 aliphatic carbocycles. The second-order valence-electron chi connectivity index (χ2n) is 18.0. The van der Waals surface area contributed by atoms with E-state index in [9.17, 15) is 19.5 Å². The van der Waals surface area contributed by atoms with Crippen LogP contribution in [0.1, 0.15) is 87.0 Å². The molecule has 13 atom stereocenters. The van der Waals surface area contributed by atoms with Crippen LogP contribution >= 0.6 is 0 Å². The first-order chi connectivity index (χ1) is 28.9. The number of nitrogens with one attached hydrogen (secondary N) is 1. The molecule has 2 unspecified atom stereocenters. The van der Waals surface area contributed by atoms with E-state index < -0.39 is 71.5 Å². The summed E-state index contributed by atoms with van der Waals surface area (Å²) in [4.78, 5) is 46.2. The number of rotatable bonds is 13. The lowest BCUT2D eigenvalue weighted by Gasteiger charge is -2.47. The van der Waals surface area contributed by atoms with Crippen molar-refractivity contribution in [2.45, 2.75) is 154 Å². The minimum absolute atomic E-state index is 0.0542. The number of hydrogen-bond acceptors (Lipinski definition) is 14. The SMILES string of the molecule is C=CC[C@@]1(OC)C[C@@H](C)CN[C@H](C)[C@H]2N(CCCCn3cc(-c4cccc(N)c4)nn3)C(=O)O[C@]2(C)[C@@H](CC)OC(=O)[C@H](C)C(=O)[C@@H](C)[C@H]1O[C@@H]1O[C@H](C)CC(N(C)C)C1O. The lowest BCUT2D eigenvalue weighted by Crippen LogP contribution is -2.61. The summed E-state index contributed by atoms with van der Waals surface area (Å²) < 4.78 is 33.7. The van der Waals surface area contributed by atoms with Crippen molar-refractivity contribution in [3.8, 4) is 11.3 Å². The number of carbonyl (C=O) groups excluding carboxylic acids is 3. The molecule has 3 aliphatic heterocycles. The van der Waals surface area contributed by atoms with Crippen LogP contribution in [0.4, 0.5) is 10.5 Å². The maximum Gasteiger partial charge on any atom is 0.410 e. The summed E-state index contributed by atoms with van der Waals surface area (Å²) in [7, 11) is 5.39. The van der Waals surface area contributed by atoms with Crippen molar-refractivity contribution < 1.29 is 43.2 Å². The number of fused-ring (bicyclic) bond motifs is 1. The van der Waals surface area contributed by atoms with Crippen LogP contribution in [0.3, 0.4) is 0 Å². The smallest absolute Gasteiger partial charge is 0.410 e. The largest absolute Gasteiger partial charge is 0.458 e. The number of unbranched alkanes of at least 4 members (excludes halogenated alkanes) is 1. The van der Waals surface area contributed by atoms with Crippen LogP contribution in [0.25, 0.3) is 11.3 Å². The monoisotopic (exact) mass is 854 g/mol. The Morgan fingerprint density at radius 2 is 1.85 bits per heavy atom. The Kier molecular flexibility index (Phi) is 16.2. The van der Waals surface area contributed by atoms with Crippen LogP contribution in [0.15, 0.2) is 43.1 Å². The van der Waals surface area contributed by atoms with Gasteiger partial charge in [-0.15, -0.1) is 11.7 Å². The summed E-state index contributed by atoms with van der Waals surface area (Å²) in [5.74, 6) is -3.30. The highest BCUT2D eigenvalue weighted by molar-refractivity contribution is 6.00. The first-order valence-electron chi connectivity index (χ1n) is 21.9. The Morgan fingerprint density at radius 1 is 1.13 bits per heavy atom. The number of aliphatic hydroxyl groups excluding tert-OH is 1. The van der Waals surface area contributed by atoms with E-state index in [1.54, 1.807) is 29.7 Å². The number of benzene rings is 1. The zero-order chi connectivity index (χ0) is 44.8. The van der Waals surface area contributed by atoms with Gasteiger partial charge < -0.3 is 44.7 Å². The molecule has 1 aromatic carbocycles. The van der Waals surface area contributed by atoms with Gasteiger partial charge in [0, 0.05) is 49.5 Å². The zero-order valence-corrected chi connectivity index (χ0v) is 37.9. The number of nitrogens with two attached hydrogens (primary N) is 1. The van der Waals surface area contributed by atoms with Gasteiger partial charge in [0.05, 0.1) is 30.0 Å². The van der Waals surface area contributed by atoms with Crippen molar-refractivity contribution in [3.05, 3.63) is 43.1 Å². The average molecular weight is 854 g/mol.